The number of esters is 1. The molecule has 0 amide bonds. The summed E-state index contributed by atoms with van der Waals surface area (Å²) in [4.78, 5) is 12.2. The third kappa shape index (κ3) is 4.48. The maximum Gasteiger partial charge on any atom is 0.340 e. The highest BCUT2D eigenvalue weighted by Crippen LogP contribution is 2.24. The molecule has 0 aliphatic carbocycles. The molecular formula is C14H15Cl2N3O4S2. The molecule has 136 valence electrons. The van der Waals surface area contributed by atoms with Gasteiger partial charge >= 0.3 is 5.97 Å². The van der Waals surface area contributed by atoms with Crippen molar-refractivity contribution < 1.29 is 17.9 Å². The maximum absolute atomic E-state index is 12.6. The average molecular weight is 424 g/mol. The summed E-state index contributed by atoms with van der Waals surface area (Å²) in [5, 5.41) is 3.82. The van der Waals surface area contributed by atoms with Gasteiger partial charge in [-0.3, -0.25) is 0 Å². The van der Waals surface area contributed by atoms with E-state index >= 15 is 0 Å². The Hall–Kier alpha value is -1.26. The van der Waals surface area contributed by atoms with Crippen molar-refractivity contribution in [1.29, 1.82) is 0 Å². The first-order valence-corrected chi connectivity index (χ1v) is 10.2. The molecule has 0 fully saturated rings. The first kappa shape index (κ1) is 20.1. The number of hydrogen-bond donors (Lipinski definition) is 0. The van der Waals surface area contributed by atoms with Crippen molar-refractivity contribution in [3.05, 3.63) is 38.8 Å². The van der Waals surface area contributed by atoms with Crippen molar-refractivity contribution in [2.45, 2.75) is 25.3 Å². The minimum Gasteiger partial charge on any atom is -0.455 e. The molecule has 0 radical (unpaired) electrons. The maximum atomic E-state index is 12.6. The van der Waals surface area contributed by atoms with Gasteiger partial charge in [-0.15, -0.1) is 5.10 Å². The highest BCUT2D eigenvalue weighted by Gasteiger charge is 2.24. The zero-order valence-electron chi connectivity index (χ0n) is 13.4. The van der Waals surface area contributed by atoms with Crippen LogP contribution >= 0.6 is 34.7 Å². The first-order chi connectivity index (χ1) is 11.8. The number of hydrogen-bond acceptors (Lipinski definition) is 7. The molecule has 0 N–H and O–H groups in total. The zero-order valence-corrected chi connectivity index (χ0v) is 16.5. The van der Waals surface area contributed by atoms with Gasteiger partial charge in [-0.25, -0.2) is 13.2 Å². The van der Waals surface area contributed by atoms with Crippen molar-refractivity contribution >= 4 is 50.7 Å². The Balaban J connectivity index is 2.26. The van der Waals surface area contributed by atoms with Crippen molar-refractivity contribution in [3.8, 4) is 0 Å². The summed E-state index contributed by atoms with van der Waals surface area (Å²) in [6, 6.07) is 3.92. The number of ether oxygens (including phenoxy) is 1. The Morgan fingerprint density at radius 3 is 2.52 bits per heavy atom. The third-order valence-corrected chi connectivity index (χ3v) is 6.71. The summed E-state index contributed by atoms with van der Waals surface area (Å²) < 4.78 is 35.5. The Morgan fingerprint density at radius 1 is 1.28 bits per heavy atom. The summed E-state index contributed by atoms with van der Waals surface area (Å²) in [5.74, 6) is -0.773. The molecule has 0 saturated heterocycles. The molecule has 1 heterocycles. The minimum atomic E-state index is -3.71. The SMILES string of the molecule is CCN(CC)S(=O)(=O)c1ccc(Cl)c(C(=O)OCc2nnsc2Cl)c1. The third-order valence-electron chi connectivity index (χ3n) is 3.35. The van der Waals surface area contributed by atoms with Crippen LogP contribution in [0.1, 0.15) is 29.9 Å². The van der Waals surface area contributed by atoms with Gasteiger partial charge in [0.15, 0.2) is 0 Å². The van der Waals surface area contributed by atoms with Crippen LogP contribution in [0.15, 0.2) is 23.1 Å². The second kappa shape index (κ2) is 8.41. The van der Waals surface area contributed by atoms with Gasteiger partial charge in [0.05, 0.1) is 15.5 Å². The van der Waals surface area contributed by atoms with Crippen molar-refractivity contribution in [1.82, 2.24) is 13.9 Å². The van der Waals surface area contributed by atoms with Crippen molar-refractivity contribution in [2.24, 2.45) is 0 Å². The summed E-state index contributed by atoms with van der Waals surface area (Å²) in [6.07, 6.45) is 0. The largest absolute Gasteiger partial charge is 0.455 e. The molecule has 0 saturated carbocycles. The highest BCUT2D eigenvalue weighted by atomic mass is 35.5. The summed E-state index contributed by atoms with van der Waals surface area (Å²) in [7, 11) is -3.71. The van der Waals surface area contributed by atoms with Gasteiger partial charge < -0.3 is 4.74 Å². The topological polar surface area (TPSA) is 89.5 Å². The van der Waals surface area contributed by atoms with E-state index in [1.165, 1.54) is 22.5 Å². The van der Waals surface area contributed by atoms with Crippen LogP contribution in [0.3, 0.4) is 0 Å². The Labute approximate surface area is 159 Å². The number of halogens is 2. The quantitative estimate of drug-likeness (QED) is 0.634. The molecule has 0 aliphatic heterocycles. The fourth-order valence-corrected chi connectivity index (χ4v) is 4.31. The van der Waals surface area contributed by atoms with Crippen LogP contribution in [-0.2, 0) is 21.4 Å². The lowest BCUT2D eigenvalue weighted by Gasteiger charge is -2.19. The van der Waals surface area contributed by atoms with Gasteiger partial charge in [0.1, 0.15) is 16.6 Å². The average Bonchev–Trinajstić information content (AvgIpc) is 2.98. The number of aromatic nitrogens is 2. The number of benzene rings is 1. The van der Waals surface area contributed by atoms with Gasteiger partial charge in [0, 0.05) is 24.6 Å². The summed E-state index contributed by atoms with van der Waals surface area (Å²) in [6.45, 7) is 3.92. The number of carbonyl (C=O) groups excluding carboxylic acids is 1. The molecule has 1 aromatic heterocycles. The lowest BCUT2D eigenvalue weighted by molar-refractivity contribution is 0.0468. The monoisotopic (exact) mass is 423 g/mol. The molecule has 2 aromatic rings. The Bertz CT molecular complexity index is 867. The van der Waals surface area contributed by atoms with E-state index in [1.54, 1.807) is 13.8 Å². The molecule has 0 unspecified atom stereocenters. The lowest BCUT2D eigenvalue weighted by atomic mass is 10.2. The number of sulfonamides is 1. The Morgan fingerprint density at radius 2 is 1.96 bits per heavy atom. The second-order valence-corrected chi connectivity index (χ2v) is 8.50. The molecule has 1 aromatic carbocycles. The standard InChI is InChI=1S/C14H15Cl2N3O4S2/c1-3-19(4-2)25(21,22)9-5-6-11(15)10(7-9)14(20)23-8-12-13(16)24-18-17-12/h5-7H,3-4,8H2,1-2H3. The lowest BCUT2D eigenvalue weighted by Crippen LogP contribution is -2.30. The van der Waals surface area contributed by atoms with Crippen LogP contribution in [0.25, 0.3) is 0 Å². The van der Waals surface area contributed by atoms with Crippen LogP contribution in [0.2, 0.25) is 9.36 Å². The molecular weight excluding hydrogens is 409 g/mol. The molecule has 7 nitrogen and oxygen atoms in total. The van der Waals surface area contributed by atoms with Crippen LogP contribution < -0.4 is 0 Å². The number of rotatable bonds is 7. The van der Waals surface area contributed by atoms with Gasteiger partial charge in [-0.05, 0) is 18.2 Å². The predicted molar refractivity (Wildman–Crippen MR) is 95.6 cm³/mol. The van der Waals surface area contributed by atoms with E-state index in [4.69, 9.17) is 27.9 Å². The predicted octanol–water partition coefficient (Wildman–Crippen LogP) is 3.23. The van der Waals surface area contributed by atoms with Crippen molar-refractivity contribution in [2.75, 3.05) is 13.1 Å². The van der Waals surface area contributed by atoms with E-state index in [9.17, 15) is 13.2 Å². The molecule has 0 aliphatic rings. The minimum absolute atomic E-state index is 0.0269. The normalized spacial score (nSPS) is 11.7. The van der Waals surface area contributed by atoms with E-state index in [-0.39, 0.29) is 22.1 Å². The van der Waals surface area contributed by atoms with E-state index in [1.807, 2.05) is 0 Å². The van der Waals surface area contributed by atoms with E-state index in [0.717, 1.165) is 11.5 Å². The number of carbonyl (C=O) groups is 1. The number of nitrogens with zero attached hydrogens (tertiary/aromatic N) is 3. The summed E-state index contributed by atoms with van der Waals surface area (Å²) in [5.41, 5.74) is 0.275. The van der Waals surface area contributed by atoms with Crippen molar-refractivity contribution in [3.63, 3.8) is 0 Å². The fraction of sp³-hybridized carbons (Fsp3) is 0.357. The van der Waals surface area contributed by atoms with Gasteiger partial charge in [-0.2, -0.15) is 4.31 Å². The molecule has 0 bridgehead atoms. The van der Waals surface area contributed by atoms with Gasteiger partial charge in [0.25, 0.3) is 0 Å². The second-order valence-electron chi connectivity index (χ2n) is 4.80. The highest BCUT2D eigenvalue weighted by molar-refractivity contribution is 7.89. The van der Waals surface area contributed by atoms with Crippen LogP contribution in [0, 0.1) is 0 Å². The molecule has 0 atom stereocenters. The van der Waals surface area contributed by atoms with Crippen LogP contribution in [-0.4, -0.2) is 41.4 Å². The van der Waals surface area contributed by atoms with E-state index in [0.29, 0.717) is 23.1 Å². The Kier molecular flexibility index (Phi) is 6.75. The van der Waals surface area contributed by atoms with E-state index < -0.39 is 16.0 Å². The zero-order chi connectivity index (χ0) is 18.6. The van der Waals surface area contributed by atoms with Crippen LogP contribution in [0.5, 0.6) is 0 Å². The summed E-state index contributed by atoms with van der Waals surface area (Å²) >= 11 is 12.8. The van der Waals surface area contributed by atoms with Gasteiger partial charge in [-0.1, -0.05) is 41.5 Å². The fourth-order valence-electron chi connectivity index (χ4n) is 2.03. The smallest absolute Gasteiger partial charge is 0.340 e. The molecule has 2 rings (SSSR count). The van der Waals surface area contributed by atoms with E-state index in [2.05, 4.69) is 9.59 Å². The van der Waals surface area contributed by atoms with Crippen LogP contribution in [0.4, 0.5) is 0 Å². The first-order valence-electron chi connectivity index (χ1n) is 7.24. The van der Waals surface area contributed by atoms with Gasteiger partial charge in [0.2, 0.25) is 10.0 Å². The molecule has 0 spiro atoms. The molecule has 25 heavy (non-hydrogen) atoms. The molecule has 11 heteroatoms.